The summed E-state index contributed by atoms with van der Waals surface area (Å²) in [5.41, 5.74) is 1.21. The average Bonchev–Trinajstić information content (AvgIpc) is 2.93. The van der Waals surface area contributed by atoms with Gasteiger partial charge in [0.2, 0.25) is 10.0 Å². The van der Waals surface area contributed by atoms with Gasteiger partial charge in [-0.25, -0.2) is 23.1 Å². The fraction of sp³-hybridized carbons (Fsp3) is 0.611. The van der Waals surface area contributed by atoms with E-state index in [1.165, 1.54) is 0 Å². The van der Waals surface area contributed by atoms with Gasteiger partial charge < -0.3 is 4.74 Å². The summed E-state index contributed by atoms with van der Waals surface area (Å²) >= 11 is 0. The van der Waals surface area contributed by atoms with Crippen LogP contribution in [0, 0.1) is 13.8 Å². The summed E-state index contributed by atoms with van der Waals surface area (Å²) in [5, 5.41) is 4.39. The number of rotatable bonds is 6. The second kappa shape index (κ2) is 7.93. The van der Waals surface area contributed by atoms with Crippen molar-refractivity contribution >= 4 is 10.0 Å². The first-order valence-corrected chi connectivity index (χ1v) is 10.8. The molecule has 3 rings (SSSR count). The molecular formula is C18H27N5O3S. The Morgan fingerprint density at radius 3 is 2.33 bits per heavy atom. The van der Waals surface area contributed by atoms with E-state index in [9.17, 15) is 8.42 Å². The lowest BCUT2D eigenvalue weighted by Gasteiger charge is -2.28. The standard InChI is InChI=1S/C18H27N5O3S/c1-12(2)23-14(4)17(13(3)21-23)27(24,25)22-15-6-8-16(9-7-15)26-18-19-10-5-11-20-18/h5,10-12,15-16,22H,6-9H2,1-4H3. The first-order valence-electron chi connectivity index (χ1n) is 9.29. The van der Waals surface area contributed by atoms with Gasteiger partial charge in [-0.05, 0) is 59.4 Å². The summed E-state index contributed by atoms with van der Waals surface area (Å²) in [7, 11) is -3.61. The summed E-state index contributed by atoms with van der Waals surface area (Å²) in [5.74, 6) is 0. The van der Waals surface area contributed by atoms with E-state index < -0.39 is 10.0 Å². The molecular weight excluding hydrogens is 366 g/mol. The Balaban J connectivity index is 1.63. The number of ether oxygens (including phenoxy) is 1. The van der Waals surface area contributed by atoms with Crippen LogP contribution in [0.3, 0.4) is 0 Å². The highest BCUT2D eigenvalue weighted by Crippen LogP contribution is 2.26. The fourth-order valence-corrected chi connectivity index (χ4v) is 5.32. The molecule has 1 aliphatic carbocycles. The number of aromatic nitrogens is 4. The van der Waals surface area contributed by atoms with Gasteiger partial charge in [0.1, 0.15) is 11.0 Å². The van der Waals surface area contributed by atoms with E-state index in [-0.39, 0.29) is 18.2 Å². The highest BCUT2D eigenvalue weighted by molar-refractivity contribution is 7.89. The number of hydrogen-bond donors (Lipinski definition) is 1. The highest BCUT2D eigenvalue weighted by Gasteiger charge is 2.30. The van der Waals surface area contributed by atoms with Crippen molar-refractivity contribution < 1.29 is 13.2 Å². The Morgan fingerprint density at radius 1 is 1.15 bits per heavy atom. The minimum atomic E-state index is -3.61. The lowest BCUT2D eigenvalue weighted by atomic mass is 9.94. The Morgan fingerprint density at radius 2 is 1.78 bits per heavy atom. The van der Waals surface area contributed by atoms with Crippen molar-refractivity contribution in [3.05, 3.63) is 29.8 Å². The van der Waals surface area contributed by atoms with Crippen molar-refractivity contribution in [1.82, 2.24) is 24.5 Å². The molecule has 27 heavy (non-hydrogen) atoms. The molecule has 0 unspecified atom stereocenters. The Labute approximate surface area is 160 Å². The zero-order valence-electron chi connectivity index (χ0n) is 16.2. The van der Waals surface area contributed by atoms with Crippen molar-refractivity contribution in [1.29, 1.82) is 0 Å². The van der Waals surface area contributed by atoms with E-state index >= 15 is 0 Å². The molecule has 0 bridgehead atoms. The van der Waals surface area contributed by atoms with E-state index in [1.807, 2.05) is 13.8 Å². The van der Waals surface area contributed by atoms with Crippen molar-refractivity contribution in [2.24, 2.45) is 0 Å². The molecule has 9 heteroatoms. The Kier molecular flexibility index (Phi) is 5.81. The maximum absolute atomic E-state index is 12.9. The van der Waals surface area contributed by atoms with Crippen LogP contribution in [0.15, 0.2) is 23.4 Å². The van der Waals surface area contributed by atoms with Crippen LogP contribution in [0.4, 0.5) is 0 Å². The molecule has 0 amide bonds. The van der Waals surface area contributed by atoms with Gasteiger partial charge in [0.15, 0.2) is 0 Å². The summed E-state index contributed by atoms with van der Waals surface area (Å²) < 4.78 is 36.3. The SMILES string of the molecule is Cc1nn(C(C)C)c(C)c1S(=O)(=O)NC1CCC(Oc2ncccn2)CC1. The van der Waals surface area contributed by atoms with Crippen LogP contribution in [0.1, 0.15) is 57.0 Å². The molecule has 1 aliphatic rings. The molecule has 0 aliphatic heterocycles. The number of hydrogen-bond acceptors (Lipinski definition) is 6. The van der Waals surface area contributed by atoms with Crippen LogP contribution in [0.5, 0.6) is 6.01 Å². The lowest BCUT2D eigenvalue weighted by molar-refractivity contribution is 0.132. The van der Waals surface area contributed by atoms with Crippen molar-refractivity contribution in [3.63, 3.8) is 0 Å². The molecule has 1 fully saturated rings. The van der Waals surface area contributed by atoms with E-state index in [2.05, 4.69) is 19.8 Å². The normalized spacial score (nSPS) is 20.8. The first-order chi connectivity index (χ1) is 12.8. The molecule has 0 spiro atoms. The Hall–Kier alpha value is -2.00. The molecule has 0 saturated heterocycles. The average molecular weight is 394 g/mol. The van der Waals surface area contributed by atoms with E-state index in [1.54, 1.807) is 37.0 Å². The minimum absolute atomic E-state index is 0.0142. The maximum atomic E-state index is 12.9. The number of nitrogens with one attached hydrogen (secondary N) is 1. The molecule has 2 aromatic heterocycles. The van der Waals surface area contributed by atoms with Crippen LogP contribution in [0.25, 0.3) is 0 Å². The zero-order valence-corrected chi connectivity index (χ0v) is 17.0. The van der Waals surface area contributed by atoms with Crippen LogP contribution in [-0.2, 0) is 10.0 Å². The van der Waals surface area contributed by atoms with Crippen LogP contribution < -0.4 is 9.46 Å². The predicted molar refractivity (Wildman–Crippen MR) is 101 cm³/mol. The molecule has 1 saturated carbocycles. The summed E-state index contributed by atoms with van der Waals surface area (Å²) in [4.78, 5) is 8.44. The van der Waals surface area contributed by atoms with Crippen LogP contribution in [-0.4, -0.2) is 40.3 Å². The molecule has 8 nitrogen and oxygen atoms in total. The number of nitrogens with zero attached hydrogens (tertiary/aromatic N) is 4. The van der Waals surface area contributed by atoms with Gasteiger partial charge in [-0.15, -0.1) is 0 Å². The van der Waals surface area contributed by atoms with Crippen molar-refractivity contribution in [3.8, 4) is 6.01 Å². The van der Waals surface area contributed by atoms with Gasteiger partial charge in [0.05, 0.1) is 11.4 Å². The zero-order chi connectivity index (χ0) is 19.6. The van der Waals surface area contributed by atoms with Gasteiger partial charge in [0, 0.05) is 24.5 Å². The third-order valence-corrected chi connectivity index (χ3v) is 6.60. The van der Waals surface area contributed by atoms with E-state index in [4.69, 9.17) is 4.74 Å². The van der Waals surface area contributed by atoms with E-state index in [0.717, 1.165) is 12.8 Å². The Bertz CT molecular complexity index is 872. The fourth-order valence-electron chi connectivity index (χ4n) is 3.61. The smallest absolute Gasteiger partial charge is 0.316 e. The predicted octanol–water partition coefficient (Wildman–Crippen LogP) is 2.54. The van der Waals surface area contributed by atoms with Crippen LogP contribution >= 0.6 is 0 Å². The molecule has 148 valence electrons. The van der Waals surface area contributed by atoms with Crippen molar-refractivity contribution in [2.45, 2.75) is 76.5 Å². The second-order valence-corrected chi connectivity index (χ2v) is 8.93. The number of aryl methyl sites for hydroxylation is 1. The molecule has 0 atom stereocenters. The molecule has 2 heterocycles. The molecule has 2 aromatic rings. The van der Waals surface area contributed by atoms with Crippen LogP contribution in [0.2, 0.25) is 0 Å². The maximum Gasteiger partial charge on any atom is 0.316 e. The minimum Gasteiger partial charge on any atom is -0.460 e. The largest absolute Gasteiger partial charge is 0.460 e. The van der Waals surface area contributed by atoms with Gasteiger partial charge in [-0.2, -0.15) is 5.10 Å². The van der Waals surface area contributed by atoms with Gasteiger partial charge in [-0.1, -0.05) is 0 Å². The van der Waals surface area contributed by atoms with Crippen molar-refractivity contribution in [2.75, 3.05) is 0 Å². The highest BCUT2D eigenvalue weighted by atomic mass is 32.2. The quantitative estimate of drug-likeness (QED) is 0.810. The monoisotopic (exact) mass is 393 g/mol. The number of sulfonamides is 1. The van der Waals surface area contributed by atoms with Gasteiger partial charge >= 0.3 is 6.01 Å². The third kappa shape index (κ3) is 4.47. The topological polar surface area (TPSA) is 99.0 Å². The third-order valence-electron chi connectivity index (χ3n) is 4.83. The van der Waals surface area contributed by atoms with Gasteiger partial charge in [0.25, 0.3) is 0 Å². The van der Waals surface area contributed by atoms with Gasteiger partial charge in [-0.3, -0.25) is 4.68 Å². The summed E-state index contributed by atoms with van der Waals surface area (Å²) in [6.07, 6.45) is 6.25. The molecule has 1 N–H and O–H groups in total. The molecule has 0 aromatic carbocycles. The summed E-state index contributed by atoms with van der Waals surface area (Å²) in [6.45, 7) is 7.52. The van der Waals surface area contributed by atoms with E-state index in [0.29, 0.717) is 35.1 Å². The lowest BCUT2D eigenvalue weighted by Crippen LogP contribution is -2.40. The second-order valence-electron chi connectivity index (χ2n) is 7.28. The molecule has 0 radical (unpaired) electrons. The first kappa shape index (κ1) is 19.8. The summed E-state index contributed by atoms with van der Waals surface area (Å²) in [6, 6.07) is 2.12.